The average molecular weight is 368 g/mol. The number of hydrogen-bond acceptors (Lipinski definition) is 1. The van der Waals surface area contributed by atoms with Crippen molar-refractivity contribution in [1.29, 1.82) is 0 Å². The van der Waals surface area contributed by atoms with Gasteiger partial charge in [-0.1, -0.05) is 22.0 Å². The molecule has 2 rings (SSSR count). The van der Waals surface area contributed by atoms with E-state index in [0.717, 1.165) is 15.4 Å². The predicted octanol–water partition coefficient (Wildman–Crippen LogP) is 5.27. The minimum atomic E-state index is -0.563. The van der Waals surface area contributed by atoms with E-state index in [0.29, 0.717) is 5.56 Å². The van der Waals surface area contributed by atoms with E-state index in [1.165, 1.54) is 23.5 Å². The van der Waals surface area contributed by atoms with Crippen molar-refractivity contribution in [2.24, 2.45) is 0 Å². The van der Waals surface area contributed by atoms with E-state index >= 15 is 0 Å². The van der Waals surface area contributed by atoms with Crippen LogP contribution in [0.5, 0.6) is 0 Å². The SMILES string of the molecule is Fc1ccc(C(Br)c2csc(Br)c2)c(F)c1. The van der Waals surface area contributed by atoms with Crippen molar-refractivity contribution in [2.75, 3.05) is 0 Å². The Hall–Kier alpha value is -0.260. The van der Waals surface area contributed by atoms with Gasteiger partial charge in [0.25, 0.3) is 0 Å². The van der Waals surface area contributed by atoms with E-state index < -0.39 is 11.6 Å². The first-order valence-corrected chi connectivity index (χ1v) is 6.99. The summed E-state index contributed by atoms with van der Waals surface area (Å²) in [5, 5.41) is 1.92. The molecular formula is C11H6Br2F2S. The highest BCUT2D eigenvalue weighted by atomic mass is 79.9. The molecule has 0 aliphatic rings. The fraction of sp³-hybridized carbons (Fsp3) is 0.0909. The Bertz CT molecular complexity index is 510. The number of hydrogen-bond donors (Lipinski definition) is 0. The second-order valence-corrected chi connectivity index (χ2v) is 6.42. The van der Waals surface area contributed by atoms with E-state index in [2.05, 4.69) is 31.9 Å². The zero-order valence-corrected chi connectivity index (χ0v) is 11.9. The van der Waals surface area contributed by atoms with Crippen molar-refractivity contribution < 1.29 is 8.78 Å². The van der Waals surface area contributed by atoms with Crippen LogP contribution >= 0.6 is 43.2 Å². The third-order valence-corrected chi connectivity index (χ3v) is 4.66. The Kier molecular flexibility index (Phi) is 3.77. The molecule has 5 heteroatoms. The van der Waals surface area contributed by atoms with Crippen molar-refractivity contribution in [3.63, 3.8) is 0 Å². The number of thiophene rings is 1. The molecule has 16 heavy (non-hydrogen) atoms. The van der Waals surface area contributed by atoms with E-state index in [1.807, 2.05) is 11.4 Å². The van der Waals surface area contributed by atoms with Crippen LogP contribution in [0.1, 0.15) is 16.0 Å². The van der Waals surface area contributed by atoms with Gasteiger partial charge >= 0.3 is 0 Å². The molecule has 84 valence electrons. The summed E-state index contributed by atoms with van der Waals surface area (Å²) in [5.74, 6) is -1.10. The van der Waals surface area contributed by atoms with Crippen molar-refractivity contribution in [3.05, 3.63) is 56.2 Å². The fourth-order valence-corrected chi connectivity index (χ4v) is 3.36. The Morgan fingerprint density at radius 1 is 1.19 bits per heavy atom. The minimum absolute atomic E-state index is 0.254. The van der Waals surface area contributed by atoms with E-state index in [4.69, 9.17) is 0 Å². The summed E-state index contributed by atoms with van der Waals surface area (Å²) < 4.78 is 27.3. The maximum atomic E-state index is 13.5. The largest absolute Gasteiger partial charge is 0.207 e. The Labute approximate surface area is 113 Å². The lowest BCUT2D eigenvalue weighted by Crippen LogP contribution is -1.95. The van der Waals surface area contributed by atoms with Crippen molar-refractivity contribution in [2.45, 2.75) is 4.83 Å². The number of benzene rings is 1. The van der Waals surface area contributed by atoms with Crippen LogP contribution in [0.2, 0.25) is 0 Å². The summed E-state index contributed by atoms with van der Waals surface area (Å²) in [6.45, 7) is 0. The fourth-order valence-electron chi connectivity index (χ4n) is 1.34. The molecule has 0 amide bonds. The molecule has 1 heterocycles. The molecule has 2 aromatic rings. The van der Waals surface area contributed by atoms with Gasteiger partial charge in [-0.15, -0.1) is 11.3 Å². The van der Waals surface area contributed by atoms with Crippen LogP contribution in [0.4, 0.5) is 8.78 Å². The first-order valence-electron chi connectivity index (χ1n) is 4.41. The molecular weight excluding hydrogens is 362 g/mol. The highest BCUT2D eigenvalue weighted by Gasteiger charge is 2.16. The second-order valence-electron chi connectivity index (χ2n) is 3.21. The molecule has 1 aromatic heterocycles. The van der Waals surface area contributed by atoms with Gasteiger partial charge in [0.05, 0.1) is 8.61 Å². The predicted molar refractivity (Wildman–Crippen MR) is 69.1 cm³/mol. The first kappa shape index (κ1) is 12.2. The average Bonchev–Trinajstić information content (AvgIpc) is 2.64. The summed E-state index contributed by atoms with van der Waals surface area (Å²) in [7, 11) is 0. The summed E-state index contributed by atoms with van der Waals surface area (Å²) >= 11 is 8.28. The van der Waals surface area contributed by atoms with Gasteiger partial charge in [0.2, 0.25) is 0 Å². The third-order valence-electron chi connectivity index (χ3n) is 2.12. The monoisotopic (exact) mass is 366 g/mol. The van der Waals surface area contributed by atoms with Gasteiger partial charge in [0.15, 0.2) is 0 Å². The summed E-state index contributed by atoms with van der Waals surface area (Å²) in [6.07, 6.45) is 0. The summed E-state index contributed by atoms with van der Waals surface area (Å²) in [6, 6.07) is 5.52. The van der Waals surface area contributed by atoms with Crippen LogP contribution in [0.15, 0.2) is 33.4 Å². The lowest BCUT2D eigenvalue weighted by molar-refractivity contribution is 0.574. The Morgan fingerprint density at radius 3 is 2.50 bits per heavy atom. The maximum Gasteiger partial charge on any atom is 0.130 e. The zero-order chi connectivity index (χ0) is 11.7. The molecule has 0 spiro atoms. The molecule has 0 nitrogen and oxygen atoms in total. The Balaban J connectivity index is 2.37. The van der Waals surface area contributed by atoms with Gasteiger partial charge in [-0.3, -0.25) is 0 Å². The van der Waals surface area contributed by atoms with Crippen LogP contribution in [0, 0.1) is 11.6 Å². The van der Waals surface area contributed by atoms with E-state index in [1.54, 1.807) is 0 Å². The molecule has 0 fully saturated rings. The quantitative estimate of drug-likeness (QED) is 0.634. The lowest BCUT2D eigenvalue weighted by Gasteiger charge is -2.09. The van der Waals surface area contributed by atoms with Crippen molar-refractivity contribution in [1.82, 2.24) is 0 Å². The maximum absolute atomic E-state index is 13.5. The second kappa shape index (κ2) is 4.94. The normalized spacial score (nSPS) is 12.8. The smallest absolute Gasteiger partial charge is 0.130 e. The van der Waals surface area contributed by atoms with Gasteiger partial charge < -0.3 is 0 Å². The van der Waals surface area contributed by atoms with Gasteiger partial charge in [-0.25, -0.2) is 8.78 Å². The van der Waals surface area contributed by atoms with Crippen LogP contribution in [0.3, 0.4) is 0 Å². The lowest BCUT2D eigenvalue weighted by atomic mass is 10.1. The third kappa shape index (κ3) is 2.52. The van der Waals surface area contributed by atoms with Crippen LogP contribution in [-0.4, -0.2) is 0 Å². The summed E-state index contributed by atoms with van der Waals surface area (Å²) in [4.78, 5) is -0.254. The molecule has 1 unspecified atom stereocenters. The molecule has 0 bridgehead atoms. The van der Waals surface area contributed by atoms with Gasteiger partial charge in [-0.2, -0.15) is 0 Å². The molecule has 0 saturated heterocycles. The van der Waals surface area contributed by atoms with E-state index in [9.17, 15) is 8.78 Å². The number of halogens is 4. The van der Waals surface area contributed by atoms with Crippen LogP contribution in [0.25, 0.3) is 0 Å². The first-order chi connectivity index (χ1) is 7.58. The molecule has 0 N–H and O–H groups in total. The van der Waals surface area contributed by atoms with Gasteiger partial charge in [-0.05, 0) is 39.0 Å². The summed E-state index contributed by atoms with van der Waals surface area (Å²) in [5.41, 5.74) is 1.38. The standard InChI is InChI=1S/C11H6Br2F2S/c12-10-3-6(5-16-10)11(13)8-2-1-7(14)4-9(8)15/h1-5,11H. The van der Waals surface area contributed by atoms with Crippen LogP contribution in [-0.2, 0) is 0 Å². The molecule has 0 aliphatic heterocycles. The highest BCUT2D eigenvalue weighted by molar-refractivity contribution is 9.11. The molecule has 0 aliphatic carbocycles. The number of rotatable bonds is 2. The highest BCUT2D eigenvalue weighted by Crippen LogP contribution is 2.36. The van der Waals surface area contributed by atoms with Gasteiger partial charge in [0.1, 0.15) is 11.6 Å². The molecule has 1 atom stereocenters. The van der Waals surface area contributed by atoms with Crippen LogP contribution < -0.4 is 0 Å². The van der Waals surface area contributed by atoms with Gasteiger partial charge in [0, 0.05) is 11.6 Å². The molecule has 0 radical (unpaired) electrons. The molecule has 1 aromatic carbocycles. The molecule has 0 saturated carbocycles. The number of alkyl halides is 1. The van der Waals surface area contributed by atoms with Crippen molar-refractivity contribution >= 4 is 43.2 Å². The Morgan fingerprint density at radius 2 is 1.94 bits per heavy atom. The topological polar surface area (TPSA) is 0 Å². The van der Waals surface area contributed by atoms with E-state index in [-0.39, 0.29) is 4.83 Å². The van der Waals surface area contributed by atoms with Crippen molar-refractivity contribution in [3.8, 4) is 0 Å². The zero-order valence-electron chi connectivity index (χ0n) is 7.88. The minimum Gasteiger partial charge on any atom is -0.207 e.